The van der Waals surface area contributed by atoms with E-state index in [1.54, 1.807) is 6.92 Å². The van der Waals surface area contributed by atoms with Gasteiger partial charge in [0.15, 0.2) is 17.4 Å². The van der Waals surface area contributed by atoms with Crippen LogP contribution in [0, 0.1) is 12.7 Å². The molecule has 8 nitrogen and oxygen atoms in total. The van der Waals surface area contributed by atoms with Gasteiger partial charge in [0.1, 0.15) is 11.4 Å². The van der Waals surface area contributed by atoms with Crippen LogP contribution in [0.4, 0.5) is 4.39 Å². The molecule has 10 heteroatoms. The fourth-order valence-corrected chi connectivity index (χ4v) is 5.72. The van der Waals surface area contributed by atoms with Crippen LogP contribution in [0.1, 0.15) is 56.8 Å². The van der Waals surface area contributed by atoms with Crippen molar-refractivity contribution in [3.63, 3.8) is 0 Å². The number of halogens is 1. The topological polar surface area (TPSA) is 103 Å². The smallest absolute Gasteiger partial charge is 1.00 e. The number of aryl methyl sites for hydroxylation is 2. The SMILES string of the molecule is CCCc1nc(C)n(-c2cc(F)c3c(c2)CC(C)(C)O3)c(=O)c1Cc1ccc(-c2ccccc2-c2noc(=O)[nH]2)cc1.[H-].[K+]. The Bertz CT molecular complexity index is 1930. The minimum absolute atomic E-state index is 0. The average molecular weight is 607 g/mol. The van der Waals surface area contributed by atoms with Gasteiger partial charge in [-0.1, -0.05) is 67.0 Å². The minimum Gasteiger partial charge on any atom is -1.00 e. The molecular formula is C33H32FKN4O4. The normalized spacial score (nSPS) is 13.3. The first-order valence-corrected chi connectivity index (χ1v) is 14.0. The van der Waals surface area contributed by atoms with Crippen LogP contribution in [0.2, 0.25) is 0 Å². The van der Waals surface area contributed by atoms with Gasteiger partial charge in [0.2, 0.25) is 0 Å². The molecule has 0 saturated heterocycles. The number of nitrogens with zero attached hydrogens (tertiary/aromatic N) is 3. The van der Waals surface area contributed by atoms with E-state index in [0.29, 0.717) is 42.2 Å². The molecule has 0 unspecified atom stereocenters. The summed E-state index contributed by atoms with van der Waals surface area (Å²) in [5.74, 6) is 0.0250. The Kier molecular flexibility index (Phi) is 9.06. The van der Waals surface area contributed by atoms with Crippen LogP contribution >= 0.6 is 0 Å². The first-order chi connectivity index (χ1) is 20.1. The van der Waals surface area contributed by atoms with Gasteiger partial charge in [-0.25, -0.2) is 14.2 Å². The standard InChI is InChI=1S/C33H31FN4O4.K.H/c1-5-8-28-26(31(39)38(19(2)35-28)23-16-22-18-33(3,4)41-29(22)27(34)17-23)15-20-11-13-21(14-12-20)24-9-6-7-10-25(24)30-36-32(40)42-37-30;;/h6-7,9-14,16-17H,5,8,15,18H2,1-4H3,(H,36,37,40);;/q;+1;-1. The number of fused-ring (bicyclic) bond motifs is 1. The molecule has 1 aliphatic heterocycles. The fraction of sp³-hybridized carbons (Fsp3) is 0.273. The van der Waals surface area contributed by atoms with Gasteiger partial charge in [-0.3, -0.25) is 18.9 Å². The van der Waals surface area contributed by atoms with Crippen molar-refractivity contribution in [2.24, 2.45) is 0 Å². The number of rotatable bonds is 7. The van der Waals surface area contributed by atoms with Crippen LogP contribution in [-0.2, 0) is 19.3 Å². The summed E-state index contributed by atoms with van der Waals surface area (Å²) in [6, 6.07) is 18.7. The molecule has 3 aromatic carbocycles. The number of benzene rings is 3. The Balaban J connectivity index is 0.00000221. The number of H-pyrrole nitrogens is 1. The molecule has 0 spiro atoms. The Morgan fingerprint density at radius 3 is 2.47 bits per heavy atom. The second-order valence-electron chi connectivity index (χ2n) is 11.3. The van der Waals surface area contributed by atoms with E-state index in [9.17, 15) is 9.59 Å². The first kappa shape index (κ1) is 31.3. The van der Waals surface area contributed by atoms with Gasteiger partial charge in [0.25, 0.3) is 5.56 Å². The van der Waals surface area contributed by atoms with Crippen molar-refractivity contribution < 1.29 is 66.5 Å². The van der Waals surface area contributed by atoms with Crippen molar-refractivity contribution in [2.75, 3.05) is 0 Å². The summed E-state index contributed by atoms with van der Waals surface area (Å²) in [5, 5.41) is 3.84. The van der Waals surface area contributed by atoms with Crippen LogP contribution < -0.4 is 67.4 Å². The van der Waals surface area contributed by atoms with E-state index in [1.165, 1.54) is 10.6 Å². The minimum atomic E-state index is -0.616. The zero-order valence-corrected chi connectivity index (χ0v) is 28.1. The van der Waals surface area contributed by atoms with Crippen LogP contribution in [0.15, 0.2) is 74.8 Å². The van der Waals surface area contributed by atoms with E-state index >= 15 is 4.39 Å². The molecule has 1 aliphatic rings. The molecule has 3 heterocycles. The molecule has 0 amide bonds. The van der Waals surface area contributed by atoms with Gasteiger partial charge >= 0.3 is 57.1 Å². The Labute approximate surface area is 292 Å². The summed E-state index contributed by atoms with van der Waals surface area (Å²) >= 11 is 0. The summed E-state index contributed by atoms with van der Waals surface area (Å²) in [6.07, 6.45) is 2.43. The molecule has 0 radical (unpaired) electrons. The van der Waals surface area contributed by atoms with E-state index in [0.717, 1.165) is 39.9 Å². The van der Waals surface area contributed by atoms with Crippen LogP contribution in [0.25, 0.3) is 28.2 Å². The molecule has 0 saturated carbocycles. The molecule has 1 N–H and O–H groups in total. The van der Waals surface area contributed by atoms with Gasteiger partial charge in [-0.15, -0.1) is 0 Å². The van der Waals surface area contributed by atoms with Crippen molar-refractivity contribution in [1.82, 2.24) is 19.7 Å². The quantitative estimate of drug-likeness (QED) is 0.286. The van der Waals surface area contributed by atoms with E-state index in [-0.39, 0.29) is 64.1 Å². The Hall–Kier alpha value is -3.15. The molecule has 5 aromatic rings. The van der Waals surface area contributed by atoms with Gasteiger partial charge in [0, 0.05) is 35.6 Å². The number of aromatic amines is 1. The van der Waals surface area contributed by atoms with Gasteiger partial charge in [0.05, 0.1) is 11.4 Å². The summed E-state index contributed by atoms with van der Waals surface area (Å²) in [5.41, 5.74) is 5.31. The number of aromatic nitrogens is 4. The summed E-state index contributed by atoms with van der Waals surface area (Å²) in [6.45, 7) is 7.67. The first-order valence-electron chi connectivity index (χ1n) is 14.0. The summed E-state index contributed by atoms with van der Waals surface area (Å²) in [7, 11) is 0. The predicted molar refractivity (Wildman–Crippen MR) is 159 cm³/mol. The van der Waals surface area contributed by atoms with Crippen LogP contribution in [-0.4, -0.2) is 25.3 Å². The van der Waals surface area contributed by atoms with Crippen molar-refractivity contribution in [3.8, 4) is 34.0 Å². The number of ether oxygens (including phenoxy) is 1. The maximum absolute atomic E-state index is 15.1. The third-order valence-electron chi connectivity index (χ3n) is 7.54. The molecule has 216 valence electrons. The summed E-state index contributed by atoms with van der Waals surface area (Å²) < 4.78 is 27.1. The monoisotopic (exact) mass is 606 g/mol. The second kappa shape index (κ2) is 12.5. The largest absolute Gasteiger partial charge is 1.00 e. The zero-order chi connectivity index (χ0) is 29.6. The molecule has 0 bridgehead atoms. The van der Waals surface area contributed by atoms with E-state index in [1.807, 2.05) is 68.4 Å². The molecule has 6 rings (SSSR count). The van der Waals surface area contributed by atoms with Gasteiger partial charge in [-0.05, 0) is 49.9 Å². The van der Waals surface area contributed by atoms with Crippen molar-refractivity contribution in [3.05, 3.63) is 116 Å². The Morgan fingerprint density at radius 2 is 1.79 bits per heavy atom. The van der Waals surface area contributed by atoms with Crippen LogP contribution in [0.5, 0.6) is 5.75 Å². The zero-order valence-electron chi connectivity index (χ0n) is 26.0. The molecule has 2 aromatic heterocycles. The maximum atomic E-state index is 15.1. The average Bonchev–Trinajstić information content (AvgIpc) is 3.53. The number of hydrogen-bond acceptors (Lipinski definition) is 6. The molecule has 0 atom stereocenters. The molecule has 43 heavy (non-hydrogen) atoms. The van der Waals surface area contributed by atoms with Gasteiger partial charge in [-0.2, -0.15) is 0 Å². The molecule has 0 fully saturated rings. The third kappa shape index (κ3) is 6.25. The van der Waals surface area contributed by atoms with Crippen molar-refractivity contribution in [2.45, 2.75) is 59.0 Å². The van der Waals surface area contributed by atoms with E-state index < -0.39 is 17.2 Å². The third-order valence-corrected chi connectivity index (χ3v) is 7.54. The van der Waals surface area contributed by atoms with Crippen molar-refractivity contribution in [1.29, 1.82) is 0 Å². The summed E-state index contributed by atoms with van der Waals surface area (Å²) in [4.78, 5) is 33.0. The van der Waals surface area contributed by atoms with Crippen LogP contribution in [0.3, 0.4) is 0 Å². The predicted octanol–water partition coefficient (Wildman–Crippen LogP) is 3.06. The van der Waals surface area contributed by atoms with Crippen molar-refractivity contribution >= 4 is 0 Å². The number of nitrogens with one attached hydrogen (secondary N) is 1. The fourth-order valence-electron chi connectivity index (χ4n) is 5.72. The van der Waals surface area contributed by atoms with E-state index in [4.69, 9.17) is 14.2 Å². The van der Waals surface area contributed by atoms with E-state index in [2.05, 4.69) is 17.1 Å². The number of hydrogen-bond donors (Lipinski definition) is 1. The maximum Gasteiger partial charge on any atom is 1.00 e. The second-order valence-corrected chi connectivity index (χ2v) is 11.3. The molecular weight excluding hydrogens is 574 g/mol. The Morgan fingerprint density at radius 1 is 1.07 bits per heavy atom. The molecule has 0 aliphatic carbocycles. The van der Waals surface area contributed by atoms with Gasteiger partial charge < -0.3 is 6.16 Å².